The fraction of sp³-hybridized carbons (Fsp3) is 0.269. The molecule has 1 aliphatic heterocycles. The molecule has 1 fully saturated rings. The number of anilines is 2. The van der Waals surface area contributed by atoms with E-state index in [-0.39, 0.29) is 17.6 Å². The van der Waals surface area contributed by atoms with Gasteiger partial charge in [0.1, 0.15) is 16.6 Å². The maximum absolute atomic E-state index is 13.0. The van der Waals surface area contributed by atoms with E-state index in [1.54, 1.807) is 25.4 Å². The highest BCUT2D eigenvalue weighted by molar-refractivity contribution is 7.99. The predicted octanol–water partition coefficient (Wildman–Crippen LogP) is 6.76. The van der Waals surface area contributed by atoms with Crippen LogP contribution in [0, 0.1) is 0 Å². The highest BCUT2D eigenvalue weighted by Gasteiger charge is 2.30. The molecule has 1 aliphatic rings. The van der Waals surface area contributed by atoms with Crippen molar-refractivity contribution in [3.63, 3.8) is 0 Å². The first-order chi connectivity index (χ1) is 18.7. The number of rotatable bonds is 7. The first-order valence-corrected chi connectivity index (χ1v) is 13.6. The smallest absolute Gasteiger partial charge is 0.416 e. The van der Waals surface area contributed by atoms with Gasteiger partial charge in [0.05, 0.1) is 5.56 Å². The van der Waals surface area contributed by atoms with Gasteiger partial charge in [0.25, 0.3) is 0 Å². The van der Waals surface area contributed by atoms with Crippen molar-refractivity contribution in [3.05, 3.63) is 72.3 Å². The number of carbonyl (C=O) groups is 1. The number of carbonyl (C=O) groups excluding carboxylic acids is 1. The van der Waals surface area contributed by atoms with Crippen molar-refractivity contribution in [2.24, 2.45) is 0 Å². The fourth-order valence-corrected chi connectivity index (χ4v) is 5.45. The lowest BCUT2D eigenvalue weighted by Gasteiger charge is -2.29. The molecular formula is C26H23F3N6O2S2. The Morgan fingerprint density at radius 3 is 2.56 bits per heavy atom. The molecule has 0 unspecified atom stereocenters. The van der Waals surface area contributed by atoms with Crippen LogP contribution in [0.25, 0.3) is 0 Å². The van der Waals surface area contributed by atoms with Crippen LogP contribution in [0.1, 0.15) is 37.1 Å². The zero-order valence-corrected chi connectivity index (χ0v) is 22.3. The fourth-order valence-electron chi connectivity index (χ4n) is 4.03. The summed E-state index contributed by atoms with van der Waals surface area (Å²) in [5.74, 6) is 1.80. The van der Waals surface area contributed by atoms with Crippen molar-refractivity contribution < 1.29 is 22.7 Å². The zero-order chi connectivity index (χ0) is 27.4. The molecular weight excluding hydrogens is 549 g/mol. The summed E-state index contributed by atoms with van der Waals surface area (Å²) in [4.78, 5) is 27.6. The molecule has 202 valence electrons. The number of nitrogens with zero attached hydrogens (tertiary/aromatic N) is 5. The molecule has 4 aromatic rings. The Morgan fingerprint density at radius 2 is 1.90 bits per heavy atom. The van der Waals surface area contributed by atoms with Gasteiger partial charge in [-0.25, -0.2) is 15.0 Å². The standard InChI is InChI=1S/C26H23F3N6O2S2/c1-16(36)35-12-9-17(10-13-35)23-32-25(39-34-23)33-24-21(37-19-7-5-18(6-8-19)26(27,28)29)14-20(15-31-24)38-22-4-2-3-11-30-22/h2-8,11,14-15,17H,9-10,12-13H2,1H3,(H,31,32,33,34). The number of ether oxygens (including phenoxy) is 1. The summed E-state index contributed by atoms with van der Waals surface area (Å²) >= 11 is 2.56. The third kappa shape index (κ3) is 6.84. The topological polar surface area (TPSA) is 93.1 Å². The maximum Gasteiger partial charge on any atom is 0.416 e. The van der Waals surface area contributed by atoms with Gasteiger partial charge in [-0.1, -0.05) is 17.8 Å². The third-order valence-electron chi connectivity index (χ3n) is 6.07. The SMILES string of the molecule is CC(=O)N1CCC(c2nsc(Nc3ncc(Sc4ccccn4)cc3Oc3ccc(C(F)(F)F)cc3)n2)CC1. The number of alkyl halides is 3. The summed E-state index contributed by atoms with van der Waals surface area (Å²) in [7, 11) is 0. The molecule has 13 heteroatoms. The number of likely N-dealkylation sites (tertiary alicyclic amines) is 1. The van der Waals surface area contributed by atoms with Gasteiger partial charge in [0.2, 0.25) is 11.0 Å². The van der Waals surface area contributed by atoms with Crippen LogP contribution in [0.5, 0.6) is 11.5 Å². The summed E-state index contributed by atoms with van der Waals surface area (Å²) in [6.45, 7) is 2.91. The minimum absolute atomic E-state index is 0.0679. The first kappa shape index (κ1) is 26.9. The average Bonchev–Trinajstić information content (AvgIpc) is 3.39. The van der Waals surface area contributed by atoms with Crippen molar-refractivity contribution in [1.29, 1.82) is 0 Å². The summed E-state index contributed by atoms with van der Waals surface area (Å²) in [5, 5.41) is 4.41. The van der Waals surface area contributed by atoms with Gasteiger partial charge < -0.3 is 15.0 Å². The van der Waals surface area contributed by atoms with Gasteiger partial charge in [0, 0.05) is 60.8 Å². The van der Waals surface area contributed by atoms with E-state index in [0.717, 1.165) is 34.9 Å². The Labute approximate surface area is 230 Å². The van der Waals surface area contributed by atoms with Gasteiger partial charge >= 0.3 is 6.18 Å². The van der Waals surface area contributed by atoms with E-state index < -0.39 is 11.7 Å². The van der Waals surface area contributed by atoms with Crippen molar-refractivity contribution in [3.8, 4) is 11.5 Å². The summed E-state index contributed by atoms with van der Waals surface area (Å²) in [5.41, 5.74) is -0.763. The second-order valence-electron chi connectivity index (χ2n) is 8.78. The minimum Gasteiger partial charge on any atom is -0.453 e. The summed E-state index contributed by atoms with van der Waals surface area (Å²) in [6, 6.07) is 11.8. The zero-order valence-electron chi connectivity index (χ0n) is 20.7. The molecule has 0 aliphatic carbocycles. The van der Waals surface area contributed by atoms with Crippen molar-refractivity contribution in [2.45, 2.75) is 41.8 Å². The van der Waals surface area contributed by atoms with E-state index in [1.165, 1.54) is 35.4 Å². The third-order valence-corrected chi connectivity index (χ3v) is 7.62. The second kappa shape index (κ2) is 11.6. The van der Waals surface area contributed by atoms with Gasteiger partial charge in [0.15, 0.2) is 11.6 Å². The van der Waals surface area contributed by atoms with Crippen LogP contribution in [-0.2, 0) is 11.0 Å². The largest absolute Gasteiger partial charge is 0.453 e. The number of hydrogen-bond donors (Lipinski definition) is 1. The lowest BCUT2D eigenvalue weighted by atomic mass is 9.96. The van der Waals surface area contributed by atoms with Crippen LogP contribution in [0.3, 0.4) is 0 Å². The lowest BCUT2D eigenvalue weighted by Crippen LogP contribution is -2.36. The molecule has 0 spiro atoms. The number of hydrogen-bond acceptors (Lipinski definition) is 9. The van der Waals surface area contributed by atoms with E-state index in [9.17, 15) is 18.0 Å². The van der Waals surface area contributed by atoms with Crippen LogP contribution in [-0.4, -0.2) is 43.2 Å². The molecule has 0 bridgehead atoms. The number of aromatic nitrogens is 4. The van der Waals surface area contributed by atoms with Crippen LogP contribution in [0.4, 0.5) is 24.1 Å². The summed E-state index contributed by atoms with van der Waals surface area (Å²) in [6.07, 6.45) is 0.471. The predicted molar refractivity (Wildman–Crippen MR) is 142 cm³/mol. The quantitative estimate of drug-likeness (QED) is 0.260. The lowest BCUT2D eigenvalue weighted by molar-refractivity contribution is -0.137. The Hall–Kier alpha value is -3.71. The Kier molecular flexibility index (Phi) is 7.98. The number of halogens is 3. The minimum atomic E-state index is -4.44. The number of amides is 1. The average molecular weight is 573 g/mol. The summed E-state index contributed by atoms with van der Waals surface area (Å²) < 4.78 is 49.5. The Morgan fingerprint density at radius 1 is 1.13 bits per heavy atom. The Bertz CT molecular complexity index is 1430. The molecule has 39 heavy (non-hydrogen) atoms. The second-order valence-corrected chi connectivity index (χ2v) is 10.6. The molecule has 0 atom stereocenters. The molecule has 5 rings (SSSR count). The van der Waals surface area contributed by atoms with E-state index in [2.05, 4.69) is 24.6 Å². The van der Waals surface area contributed by atoms with E-state index >= 15 is 0 Å². The molecule has 1 aromatic carbocycles. The number of pyridine rings is 2. The first-order valence-electron chi connectivity index (χ1n) is 12.0. The monoisotopic (exact) mass is 572 g/mol. The van der Waals surface area contributed by atoms with Crippen molar-refractivity contribution in [2.75, 3.05) is 18.4 Å². The van der Waals surface area contributed by atoms with Gasteiger partial charge in [-0.2, -0.15) is 17.5 Å². The molecule has 0 radical (unpaired) electrons. The van der Waals surface area contributed by atoms with Crippen molar-refractivity contribution >= 4 is 40.2 Å². The van der Waals surface area contributed by atoms with Gasteiger partial charge in [-0.3, -0.25) is 4.79 Å². The van der Waals surface area contributed by atoms with Crippen LogP contribution in [0.15, 0.2) is 70.8 Å². The molecule has 1 amide bonds. The molecule has 3 aromatic heterocycles. The normalized spacial score (nSPS) is 14.3. The highest BCUT2D eigenvalue weighted by Crippen LogP contribution is 2.37. The highest BCUT2D eigenvalue weighted by atomic mass is 32.2. The number of nitrogens with one attached hydrogen (secondary N) is 1. The molecule has 1 N–H and O–H groups in total. The molecule has 0 saturated carbocycles. The van der Waals surface area contributed by atoms with Crippen LogP contribution < -0.4 is 10.1 Å². The van der Waals surface area contributed by atoms with E-state index in [1.807, 2.05) is 23.1 Å². The molecule has 8 nitrogen and oxygen atoms in total. The van der Waals surface area contributed by atoms with Crippen LogP contribution in [0.2, 0.25) is 0 Å². The van der Waals surface area contributed by atoms with E-state index in [0.29, 0.717) is 35.6 Å². The van der Waals surface area contributed by atoms with Crippen molar-refractivity contribution in [1.82, 2.24) is 24.2 Å². The molecule has 4 heterocycles. The van der Waals surface area contributed by atoms with Gasteiger partial charge in [-0.15, -0.1) is 0 Å². The Balaban J connectivity index is 1.36. The van der Waals surface area contributed by atoms with Gasteiger partial charge in [-0.05, 0) is 49.2 Å². The number of benzene rings is 1. The molecule has 1 saturated heterocycles. The van der Waals surface area contributed by atoms with E-state index in [4.69, 9.17) is 4.74 Å². The number of piperidine rings is 1. The maximum atomic E-state index is 13.0. The van der Waals surface area contributed by atoms with Crippen LogP contribution >= 0.6 is 23.3 Å².